The van der Waals surface area contributed by atoms with Gasteiger partial charge in [0, 0.05) is 48.3 Å². The number of aromatic nitrogens is 3. The van der Waals surface area contributed by atoms with E-state index in [4.69, 9.17) is 5.73 Å². The molecule has 7 nitrogen and oxygen atoms in total. The van der Waals surface area contributed by atoms with E-state index in [1.54, 1.807) is 0 Å². The van der Waals surface area contributed by atoms with E-state index in [1.165, 1.54) is 78.1 Å². The number of likely N-dealkylation sites (tertiary alicyclic amines) is 2. The van der Waals surface area contributed by atoms with Crippen molar-refractivity contribution in [3.8, 4) is 5.69 Å². The van der Waals surface area contributed by atoms with Gasteiger partial charge in [-0.3, -0.25) is 14.7 Å². The van der Waals surface area contributed by atoms with E-state index in [2.05, 4.69) is 223 Å². The Bertz CT molecular complexity index is 2400. The Labute approximate surface area is 372 Å². The van der Waals surface area contributed by atoms with Gasteiger partial charge in [0.1, 0.15) is 0 Å². The van der Waals surface area contributed by atoms with Crippen LogP contribution in [0.2, 0.25) is 0 Å². The molecule has 9 rings (SSSR count). The maximum Gasteiger partial charge on any atom is 0.0762 e. The quantitative estimate of drug-likeness (QED) is 0.140. The number of hydrogen-bond acceptors (Lipinski definition) is 4. The Morgan fingerprint density at radius 3 is 1.63 bits per heavy atom. The second-order valence-corrected chi connectivity index (χ2v) is 18.2. The molecule has 0 spiro atoms. The van der Waals surface area contributed by atoms with Crippen LogP contribution in [0.25, 0.3) is 5.69 Å². The Hall–Kier alpha value is -5.60. The molecule has 3 atom stereocenters. The molecule has 2 fully saturated rings. The van der Waals surface area contributed by atoms with Crippen molar-refractivity contribution in [2.75, 3.05) is 46.0 Å². The smallest absolute Gasteiger partial charge is 0.0762 e. The molecular weight excluding hydrogens is 759 g/mol. The normalized spacial score (nSPS) is 16.0. The Morgan fingerprint density at radius 2 is 1.05 bits per heavy atom. The second-order valence-electron chi connectivity index (χ2n) is 18.2. The Morgan fingerprint density at radius 1 is 0.532 bits per heavy atom. The number of aryl methyl sites for hydroxylation is 2. The standard InChI is InChI=1S/C22H25N3.C17H24N2.C16H20N2/c1-17-9-2-3-10-18(17)22(24-14-6-7-15-24)21-13-8-16-25(21)20-12-5-4-11-19(20)23;1-17(2,3)19-13-9-12-15(19)16(18(4)5)14-10-7-6-8-11-14;1-17-11-7-10-15(17)16(18-12-5-6-13-18)14-8-3-2-4-9-14/h2-5,8-13,16,22H,6-7,14-15,23H2,1H3;6-13,16H,1-5H3;2-4,7-11,16H,5-6,12-13H2,1H3. The molecule has 0 bridgehead atoms. The van der Waals surface area contributed by atoms with Crippen LogP contribution in [0.5, 0.6) is 0 Å². The maximum atomic E-state index is 6.27. The average Bonchev–Trinajstić information content (AvgIpc) is 4.13. The third-order valence-corrected chi connectivity index (χ3v) is 12.5. The first kappa shape index (κ1) is 44.5. The zero-order valence-electron chi connectivity index (χ0n) is 38.2. The predicted octanol–water partition coefficient (Wildman–Crippen LogP) is 11.7. The Balaban J connectivity index is 0.000000142. The summed E-state index contributed by atoms with van der Waals surface area (Å²) in [6.07, 6.45) is 11.6. The third kappa shape index (κ3) is 10.4. The minimum atomic E-state index is 0.0991. The molecule has 7 heteroatoms. The maximum absolute atomic E-state index is 6.27. The fourth-order valence-electron chi connectivity index (χ4n) is 9.54. The van der Waals surface area contributed by atoms with Crippen molar-refractivity contribution in [2.45, 2.75) is 77.0 Å². The number of nitrogens with zero attached hydrogens (tertiary/aromatic N) is 6. The zero-order valence-corrected chi connectivity index (χ0v) is 38.2. The summed E-state index contributed by atoms with van der Waals surface area (Å²) in [7, 11) is 6.41. The van der Waals surface area contributed by atoms with Crippen molar-refractivity contribution in [1.82, 2.24) is 28.4 Å². The SMILES string of the molecule is CN(C)C(c1ccccc1)c1cccn1C(C)(C)C.Cc1ccccc1C(c1cccn1-c1ccccc1N)N1CCCC1.Cn1cccc1C(c1ccccc1)N1CCCC1. The average molecular weight is 828 g/mol. The Kier molecular flexibility index (Phi) is 14.7. The number of anilines is 1. The van der Waals surface area contributed by atoms with Gasteiger partial charge in [-0.25, -0.2) is 0 Å². The molecule has 5 heterocycles. The third-order valence-electron chi connectivity index (χ3n) is 12.5. The van der Waals surface area contributed by atoms with Gasteiger partial charge < -0.3 is 19.4 Å². The van der Waals surface area contributed by atoms with E-state index in [-0.39, 0.29) is 17.6 Å². The minimum Gasteiger partial charge on any atom is -0.397 e. The molecule has 3 aromatic heterocycles. The molecule has 62 heavy (non-hydrogen) atoms. The van der Waals surface area contributed by atoms with Crippen LogP contribution in [-0.4, -0.2) is 68.7 Å². The topological polar surface area (TPSA) is 50.5 Å². The van der Waals surface area contributed by atoms with Crippen molar-refractivity contribution < 1.29 is 0 Å². The lowest BCUT2D eigenvalue weighted by molar-refractivity contribution is 0.273. The lowest BCUT2D eigenvalue weighted by atomic mass is 9.97. The summed E-state index contributed by atoms with van der Waals surface area (Å²) < 4.78 is 6.87. The second kappa shape index (κ2) is 20.5. The van der Waals surface area contributed by atoms with Crippen LogP contribution < -0.4 is 5.73 Å². The van der Waals surface area contributed by atoms with Gasteiger partial charge in [-0.05, 0) is 164 Å². The molecule has 0 radical (unpaired) electrons. The molecule has 0 amide bonds. The van der Waals surface area contributed by atoms with Gasteiger partial charge >= 0.3 is 0 Å². The number of nitrogen functional groups attached to an aromatic ring is 1. The molecule has 3 unspecified atom stereocenters. The number of nitrogens with two attached hydrogens (primary N) is 1. The van der Waals surface area contributed by atoms with E-state index in [9.17, 15) is 0 Å². The first-order valence-corrected chi connectivity index (χ1v) is 22.6. The molecular formula is C55H69N7. The summed E-state index contributed by atoms with van der Waals surface area (Å²) in [5.41, 5.74) is 17.7. The van der Waals surface area contributed by atoms with Crippen LogP contribution in [0.15, 0.2) is 164 Å². The van der Waals surface area contributed by atoms with E-state index >= 15 is 0 Å². The number of rotatable bonds is 10. The van der Waals surface area contributed by atoms with Crippen LogP contribution >= 0.6 is 0 Å². The van der Waals surface area contributed by atoms with Crippen LogP contribution in [0, 0.1) is 6.92 Å². The van der Waals surface area contributed by atoms with E-state index < -0.39 is 0 Å². The first-order chi connectivity index (χ1) is 30.0. The highest BCUT2D eigenvalue weighted by Gasteiger charge is 2.29. The van der Waals surface area contributed by atoms with Crippen LogP contribution in [0.3, 0.4) is 0 Å². The molecule has 324 valence electrons. The molecule has 4 aromatic carbocycles. The van der Waals surface area contributed by atoms with Gasteiger partial charge in [0.25, 0.3) is 0 Å². The van der Waals surface area contributed by atoms with E-state index in [0.717, 1.165) is 24.5 Å². The van der Waals surface area contributed by atoms with E-state index in [1.807, 2.05) is 18.2 Å². The summed E-state index contributed by atoms with van der Waals surface area (Å²) in [5.74, 6) is 0. The molecule has 2 saturated heterocycles. The summed E-state index contributed by atoms with van der Waals surface area (Å²) in [4.78, 5) is 7.48. The zero-order chi connectivity index (χ0) is 43.6. The van der Waals surface area contributed by atoms with Gasteiger partial charge in [0.15, 0.2) is 0 Å². The highest BCUT2D eigenvalue weighted by atomic mass is 15.2. The lowest BCUT2D eigenvalue weighted by Crippen LogP contribution is -2.29. The van der Waals surface area contributed by atoms with Gasteiger partial charge in [-0.2, -0.15) is 0 Å². The highest BCUT2D eigenvalue weighted by Crippen LogP contribution is 2.36. The van der Waals surface area contributed by atoms with Gasteiger partial charge in [-0.15, -0.1) is 0 Å². The fourth-order valence-corrected chi connectivity index (χ4v) is 9.54. The lowest BCUT2D eigenvalue weighted by Gasteiger charge is -2.31. The predicted molar refractivity (Wildman–Crippen MR) is 260 cm³/mol. The summed E-state index contributed by atoms with van der Waals surface area (Å²) in [6, 6.07) is 52.5. The molecule has 0 aliphatic carbocycles. The van der Waals surface area contributed by atoms with Crippen molar-refractivity contribution in [3.63, 3.8) is 0 Å². The van der Waals surface area contributed by atoms with Gasteiger partial charge in [0.05, 0.1) is 29.5 Å². The van der Waals surface area contributed by atoms with Gasteiger partial charge in [0.2, 0.25) is 0 Å². The van der Waals surface area contributed by atoms with Crippen LogP contribution in [-0.2, 0) is 12.6 Å². The van der Waals surface area contributed by atoms with Crippen molar-refractivity contribution in [2.24, 2.45) is 7.05 Å². The van der Waals surface area contributed by atoms with Crippen molar-refractivity contribution in [3.05, 3.63) is 204 Å². The van der Waals surface area contributed by atoms with Crippen molar-refractivity contribution in [1.29, 1.82) is 0 Å². The van der Waals surface area contributed by atoms with Crippen LogP contribution in [0.4, 0.5) is 5.69 Å². The van der Waals surface area contributed by atoms with Crippen molar-refractivity contribution >= 4 is 5.69 Å². The number of benzene rings is 4. The number of para-hydroxylation sites is 2. The highest BCUT2D eigenvalue weighted by molar-refractivity contribution is 5.59. The molecule has 0 saturated carbocycles. The fraction of sp³-hybridized carbons (Fsp3) is 0.345. The van der Waals surface area contributed by atoms with Gasteiger partial charge in [-0.1, -0.05) is 97.1 Å². The summed E-state index contributed by atoms with van der Waals surface area (Å²) in [6.45, 7) is 13.7. The monoisotopic (exact) mass is 828 g/mol. The van der Waals surface area contributed by atoms with Crippen LogP contribution in [0.1, 0.15) is 104 Å². The number of hydrogen-bond donors (Lipinski definition) is 1. The molecule has 2 aliphatic rings. The minimum absolute atomic E-state index is 0.0991. The summed E-state index contributed by atoms with van der Waals surface area (Å²) in [5, 5.41) is 0. The summed E-state index contributed by atoms with van der Waals surface area (Å²) >= 11 is 0. The largest absolute Gasteiger partial charge is 0.397 e. The first-order valence-electron chi connectivity index (χ1n) is 22.6. The molecule has 7 aromatic rings. The van der Waals surface area contributed by atoms with E-state index in [0.29, 0.717) is 6.04 Å². The molecule has 2 N–H and O–H groups in total. The molecule has 2 aliphatic heterocycles.